The van der Waals surface area contributed by atoms with Gasteiger partial charge in [0.2, 0.25) is 0 Å². The van der Waals surface area contributed by atoms with E-state index in [2.05, 4.69) is 36.1 Å². The van der Waals surface area contributed by atoms with E-state index >= 15 is 0 Å². The van der Waals surface area contributed by atoms with Gasteiger partial charge in [-0.15, -0.1) is 0 Å². The van der Waals surface area contributed by atoms with E-state index in [-0.39, 0.29) is 23.9 Å². The van der Waals surface area contributed by atoms with Gasteiger partial charge in [-0.1, -0.05) is 32.4 Å². The topological polar surface area (TPSA) is 84.1 Å². The molecule has 1 rings (SSSR count). The highest BCUT2D eigenvalue weighted by atomic mass is 35.5. The van der Waals surface area contributed by atoms with Crippen LogP contribution in [-0.2, 0) is 0 Å². The molecule has 0 saturated carbocycles. The summed E-state index contributed by atoms with van der Waals surface area (Å²) in [6.07, 6.45) is 1.98. The Kier molecular flexibility index (Phi) is 4.54. The lowest BCUT2D eigenvalue weighted by atomic mass is 9.85. The highest BCUT2D eigenvalue weighted by molar-refractivity contribution is 6.35. The fraction of sp³-hybridized carbons (Fsp3) is 0.636. The van der Waals surface area contributed by atoms with Crippen molar-refractivity contribution in [2.75, 3.05) is 17.7 Å². The lowest BCUT2D eigenvalue weighted by molar-refractivity contribution is 0.235. The molecule has 0 spiro atoms. The fourth-order valence-corrected chi connectivity index (χ4v) is 1.65. The van der Waals surface area contributed by atoms with Crippen molar-refractivity contribution in [3.05, 3.63) is 11.3 Å². The van der Waals surface area contributed by atoms with Crippen molar-refractivity contribution >= 4 is 23.2 Å². The van der Waals surface area contributed by atoms with Gasteiger partial charge in [0.15, 0.2) is 5.82 Å². The zero-order valence-electron chi connectivity index (χ0n) is 10.4. The second-order valence-electron chi connectivity index (χ2n) is 5.00. The standard InChI is InChI=1S/C11H19ClN4O/c1-11(2,3)7(4-5-17)16-10-8(12)9(13)14-6-15-10/h6-7,17H,4-5H2,1-3H3,(H3,13,14,15,16). The van der Waals surface area contributed by atoms with Crippen molar-refractivity contribution in [1.29, 1.82) is 0 Å². The average molecular weight is 259 g/mol. The molecule has 5 nitrogen and oxygen atoms in total. The molecule has 1 unspecified atom stereocenters. The van der Waals surface area contributed by atoms with Gasteiger partial charge in [0.1, 0.15) is 17.2 Å². The summed E-state index contributed by atoms with van der Waals surface area (Å²) in [5, 5.41) is 12.6. The number of anilines is 2. The normalized spacial score (nSPS) is 13.5. The monoisotopic (exact) mass is 258 g/mol. The number of rotatable bonds is 4. The summed E-state index contributed by atoms with van der Waals surface area (Å²) in [6, 6.07) is 0.0549. The Hall–Kier alpha value is -1.07. The maximum Gasteiger partial charge on any atom is 0.150 e. The summed E-state index contributed by atoms with van der Waals surface area (Å²) in [4.78, 5) is 7.86. The molecule has 0 aliphatic rings. The van der Waals surface area contributed by atoms with E-state index in [0.717, 1.165) is 0 Å². The third-order valence-electron chi connectivity index (χ3n) is 2.59. The summed E-state index contributed by atoms with van der Waals surface area (Å²) in [5.74, 6) is 0.758. The average Bonchev–Trinajstić information content (AvgIpc) is 2.22. The molecule has 0 aliphatic carbocycles. The van der Waals surface area contributed by atoms with Gasteiger partial charge in [-0.25, -0.2) is 9.97 Å². The molecular weight excluding hydrogens is 240 g/mol. The van der Waals surface area contributed by atoms with Crippen molar-refractivity contribution < 1.29 is 5.11 Å². The van der Waals surface area contributed by atoms with Crippen molar-refractivity contribution in [1.82, 2.24) is 9.97 Å². The first-order chi connectivity index (χ1) is 7.86. The van der Waals surface area contributed by atoms with E-state index in [9.17, 15) is 0 Å². The van der Waals surface area contributed by atoms with Crippen LogP contribution in [-0.4, -0.2) is 27.7 Å². The SMILES string of the molecule is CC(C)(C)C(CCO)Nc1ncnc(N)c1Cl. The van der Waals surface area contributed by atoms with Gasteiger partial charge in [-0.3, -0.25) is 0 Å². The Morgan fingerprint density at radius 1 is 1.47 bits per heavy atom. The Morgan fingerprint density at radius 2 is 2.12 bits per heavy atom. The van der Waals surface area contributed by atoms with Crippen LogP contribution >= 0.6 is 11.6 Å². The first-order valence-corrected chi connectivity index (χ1v) is 5.87. The predicted octanol–water partition coefficient (Wildman–Crippen LogP) is 1.92. The minimum atomic E-state index is -0.0221. The largest absolute Gasteiger partial charge is 0.396 e. The van der Waals surface area contributed by atoms with Crippen LogP contribution in [0, 0.1) is 5.41 Å². The molecule has 0 radical (unpaired) electrons. The van der Waals surface area contributed by atoms with E-state index < -0.39 is 0 Å². The number of aliphatic hydroxyl groups excluding tert-OH is 1. The highest BCUT2D eigenvalue weighted by Gasteiger charge is 2.25. The number of aromatic nitrogens is 2. The van der Waals surface area contributed by atoms with Gasteiger partial charge in [0, 0.05) is 12.6 Å². The molecule has 1 aromatic heterocycles. The van der Waals surface area contributed by atoms with Crippen molar-refractivity contribution in [3.63, 3.8) is 0 Å². The van der Waals surface area contributed by atoms with E-state index in [4.69, 9.17) is 22.4 Å². The smallest absolute Gasteiger partial charge is 0.150 e. The van der Waals surface area contributed by atoms with Gasteiger partial charge < -0.3 is 16.2 Å². The predicted molar refractivity (Wildman–Crippen MR) is 70.0 cm³/mol. The Bertz CT molecular complexity index is 378. The fourth-order valence-electron chi connectivity index (χ4n) is 1.50. The maximum absolute atomic E-state index is 9.07. The molecule has 0 bridgehead atoms. The number of nitrogens with two attached hydrogens (primary N) is 1. The second kappa shape index (κ2) is 5.51. The first-order valence-electron chi connectivity index (χ1n) is 5.49. The highest BCUT2D eigenvalue weighted by Crippen LogP contribution is 2.29. The van der Waals surface area contributed by atoms with Gasteiger partial charge in [-0.2, -0.15) is 0 Å². The third kappa shape index (κ3) is 3.71. The van der Waals surface area contributed by atoms with E-state index in [1.807, 2.05) is 0 Å². The number of halogens is 1. The molecule has 96 valence electrons. The lowest BCUT2D eigenvalue weighted by Crippen LogP contribution is -2.35. The third-order valence-corrected chi connectivity index (χ3v) is 2.96. The number of hydrogen-bond donors (Lipinski definition) is 3. The molecule has 0 aliphatic heterocycles. The van der Waals surface area contributed by atoms with Gasteiger partial charge in [0.25, 0.3) is 0 Å². The Balaban J connectivity index is 2.90. The molecule has 1 atom stereocenters. The zero-order valence-corrected chi connectivity index (χ0v) is 11.1. The summed E-state index contributed by atoms with van der Waals surface area (Å²) >= 11 is 6.01. The number of nitrogens with zero attached hydrogens (tertiary/aromatic N) is 2. The number of nitrogens with one attached hydrogen (secondary N) is 1. The molecule has 0 fully saturated rings. The molecule has 4 N–H and O–H groups in total. The molecule has 6 heteroatoms. The Morgan fingerprint density at radius 3 is 2.65 bits per heavy atom. The molecule has 0 saturated heterocycles. The van der Waals surface area contributed by atoms with Crippen LogP contribution in [0.4, 0.5) is 11.6 Å². The molecule has 17 heavy (non-hydrogen) atoms. The van der Waals surface area contributed by atoms with Crippen LogP contribution in [0.3, 0.4) is 0 Å². The van der Waals surface area contributed by atoms with Crippen LogP contribution in [0.1, 0.15) is 27.2 Å². The quantitative estimate of drug-likeness (QED) is 0.768. The van der Waals surface area contributed by atoms with Crippen molar-refractivity contribution in [2.45, 2.75) is 33.2 Å². The van der Waals surface area contributed by atoms with Crippen LogP contribution in [0.2, 0.25) is 5.02 Å². The molecule has 1 aromatic rings. The van der Waals surface area contributed by atoms with Gasteiger partial charge in [-0.05, 0) is 11.8 Å². The second-order valence-corrected chi connectivity index (χ2v) is 5.37. The maximum atomic E-state index is 9.07. The zero-order chi connectivity index (χ0) is 13.1. The van der Waals surface area contributed by atoms with E-state index in [1.54, 1.807) is 0 Å². The van der Waals surface area contributed by atoms with E-state index in [0.29, 0.717) is 17.3 Å². The van der Waals surface area contributed by atoms with Gasteiger partial charge >= 0.3 is 0 Å². The minimum absolute atomic E-state index is 0.0221. The van der Waals surface area contributed by atoms with Crippen LogP contribution in [0.25, 0.3) is 0 Å². The van der Waals surface area contributed by atoms with E-state index in [1.165, 1.54) is 6.33 Å². The first kappa shape index (κ1) is 14.0. The summed E-state index contributed by atoms with van der Waals surface area (Å²) in [6.45, 7) is 6.35. The molecule has 0 amide bonds. The summed E-state index contributed by atoms with van der Waals surface area (Å²) in [5.41, 5.74) is 5.58. The number of aliphatic hydroxyl groups is 1. The summed E-state index contributed by atoms with van der Waals surface area (Å²) in [7, 11) is 0. The number of hydrogen-bond acceptors (Lipinski definition) is 5. The molecular formula is C11H19ClN4O. The van der Waals surface area contributed by atoms with Crippen molar-refractivity contribution in [3.8, 4) is 0 Å². The lowest BCUT2D eigenvalue weighted by Gasteiger charge is -2.31. The minimum Gasteiger partial charge on any atom is -0.396 e. The van der Waals surface area contributed by atoms with Crippen LogP contribution in [0.5, 0.6) is 0 Å². The van der Waals surface area contributed by atoms with Gasteiger partial charge in [0.05, 0.1) is 0 Å². The molecule has 0 aromatic carbocycles. The molecule has 1 heterocycles. The number of nitrogen functional groups attached to an aromatic ring is 1. The van der Waals surface area contributed by atoms with Crippen LogP contribution < -0.4 is 11.1 Å². The Labute approximate surface area is 106 Å². The summed E-state index contributed by atoms with van der Waals surface area (Å²) < 4.78 is 0. The van der Waals surface area contributed by atoms with Crippen molar-refractivity contribution in [2.24, 2.45) is 5.41 Å². The van der Waals surface area contributed by atoms with Crippen LogP contribution in [0.15, 0.2) is 6.33 Å².